The maximum atomic E-state index is 12.5. The summed E-state index contributed by atoms with van der Waals surface area (Å²) < 4.78 is 8.85. The zero-order valence-corrected chi connectivity index (χ0v) is 20.2. The average molecular weight is 480 g/mol. The van der Waals surface area contributed by atoms with Crippen molar-refractivity contribution in [1.82, 2.24) is 19.7 Å². The molecule has 2 aromatic heterocycles. The van der Waals surface area contributed by atoms with E-state index in [4.69, 9.17) is 4.74 Å². The SMILES string of the molecule is C=CCn1c(COc2ccc(C(C)C)cc2)nnc1SCC(=O)Nc1nc2ccccc2s1. The van der Waals surface area contributed by atoms with E-state index >= 15 is 0 Å². The lowest BCUT2D eigenvalue weighted by Crippen LogP contribution is -2.14. The van der Waals surface area contributed by atoms with Gasteiger partial charge in [-0.25, -0.2) is 4.98 Å². The van der Waals surface area contributed by atoms with Gasteiger partial charge < -0.3 is 10.1 Å². The molecule has 9 heteroatoms. The van der Waals surface area contributed by atoms with Gasteiger partial charge in [0.15, 0.2) is 16.1 Å². The van der Waals surface area contributed by atoms with Crippen molar-refractivity contribution in [2.45, 2.75) is 38.1 Å². The monoisotopic (exact) mass is 479 g/mol. The summed E-state index contributed by atoms with van der Waals surface area (Å²) in [4.78, 5) is 16.9. The number of nitrogens with zero attached hydrogens (tertiary/aromatic N) is 4. The van der Waals surface area contributed by atoms with Crippen molar-refractivity contribution in [3.8, 4) is 5.75 Å². The Balaban J connectivity index is 1.36. The van der Waals surface area contributed by atoms with Gasteiger partial charge in [0.25, 0.3) is 0 Å². The van der Waals surface area contributed by atoms with E-state index in [0.717, 1.165) is 16.0 Å². The molecule has 0 fully saturated rings. The number of fused-ring (bicyclic) bond motifs is 1. The standard InChI is InChI=1S/C24H25N5O2S2/c1-4-13-29-21(14-31-18-11-9-17(10-12-18)16(2)3)27-28-24(29)32-15-22(30)26-23-25-19-7-5-6-8-20(19)33-23/h4-12,16H,1,13-15H2,2-3H3,(H,25,26,30). The van der Waals surface area contributed by atoms with E-state index in [-0.39, 0.29) is 18.3 Å². The summed E-state index contributed by atoms with van der Waals surface area (Å²) in [5.41, 5.74) is 2.14. The number of para-hydroxylation sites is 1. The largest absolute Gasteiger partial charge is 0.486 e. The lowest BCUT2D eigenvalue weighted by Gasteiger charge is -2.10. The van der Waals surface area contributed by atoms with Crippen molar-refractivity contribution in [2.75, 3.05) is 11.1 Å². The molecule has 0 spiro atoms. The number of anilines is 1. The van der Waals surface area contributed by atoms with Crippen molar-refractivity contribution in [3.63, 3.8) is 0 Å². The molecule has 0 aliphatic rings. The van der Waals surface area contributed by atoms with Gasteiger partial charge in [0, 0.05) is 6.54 Å². The lowest BCUT2D eigenvalue weighted by molar-refractivity contribution is -0.113. The van der Waals surface area contributed by atoms with E-state index in [2.05, 4.69) is 53.1 Å². The third-order valence-electron chi connectivity index (χ3n) is 4.89. The zero-order chi connectivity index (χ0) is 23.2. The van der Waals surface area contributed by atoms with Crippen LogP contribution in [0.3, 0.4) is 0 Å². The molecular weight excluding hydrogens is 454 g/mol. The highest BCUT2D eigenvalue weighted by Crippen LogP contribution is 2.26. The van der Waals surface area contributed by atoms with Gasteiger partial charge in [-0.3, -0.25) is 9.36 Å². The molecule has 0 atom stereocenters. The molecule has 4 rings (SSSR count). The van der Waals surface area contributed by atoms with E-state index in [1.165, 1.54) is 28.7 Å². The van der Waals surface area contributed by atoms with Gasteiger partial charge in [-0.05, 0) is 35.7 Å². The van der Waals surface area contributed by atoms with Crippen LogP contribution in [-0.4, -0.2) is 31.4 Å². The average Bonchev–Trinajstić information content (AvgIpc) is 3.40. The number of ether oxygens (including phenoxy) is 1. The van der Waals surface area contributed by atoms with Crippen LogP contribution < -0.4 is 10.1 Å². The van der Waals surface area contributed by atoms with Crippen LogP contribution in [0.4, 0.5) is 5.13 Å². The fraction of sp³-hybridized carbons (Fsp3) is 0.250. The second-order valence-electron chi connectivity index (χ2n) is 7.63. The van der Waals surface area contributed by atoms with Gasteiger partial charge in [-0.2, -0.15) is 0 Å². The van der Waals surface area contributed by atoms with Crippen LogP contribution in [0, 0.1) is 0 Å². The maximum Gasteiger partial charge on any atom is 0.236 e. The number of hydrogen-bond acceptors (Lipinski definition) is 7. The number of rotatable bonds is 10. The smallest absolute Gasteiger partial charge is 0.236 e. The quantitative estimate of drug-likeness (QED) is 0.239. The molecule has 0 radical (unpaired) electrons. The van der Waals surface area contributed by atoms with Crippen LogP contribution in [0.15, 0.2) is 66.3 Å². The number of carbonyl (C=O) groups excluding carboxylic acids is 1. The molecule has 2 aromatic carbocycles. The molecule has 0 aliphatic carbocycles. The van der Waals surface area contributed by atoms with Crippen LogP contribution in [0.1, 0.15) is 31.2 Å². The Labute approximate surface area is 200 Å². The number of thiazole rings is 1. The third kappa shape index (κ3) is 5.80. The fourth-order valence-corrected chi connectivity index (χ4v) is 4.80. The van der Waals surface area contributed by atoms with Crippen LogP contribution in [0.25, 0.3) is 10.2 Å². The third-order valence-corrected chi connectivity index (χ3v) is 6.81. The molecule has 1 amide bonds. The molecule has 4 aromatic rings. The van der Waals surface area contributed by atoms with Crippen LogP contribution >= 0.6 is 23.1 Å². The Kier molecular flexibility index (Phi) is 7.41. The summed E-state index contributed by atoms with van der Waals surface area (Å²) in [5, 5.41) is 12.6. The first-order chi connectivity index (χ1) is 16.0. The van der Waals surface area contributed by atoms with Crippen LogP contribution in [-0.2, 0) is 17.9 Å². The molecule has 2 heterocycles. The zero-order valence-electron chi connectivity index (χ0n) is 18.5. The first kappa shape index (κ1) is 23.0. The molecule has 0 unspecified atom stereocenters. The predicted octanol–water partition coefficient (Wildman–Crippen LogP) is 5.51. The highest BCUT2D eigenvalue weighted by atomic mass is 32.2. The second kappa shape index (κ2) is 10.6. The molecule has 0 saturated carbocycles. The topological polar surface area (TPSA) is 81.9 Å². The predicted molar refractivity (Wildman–Crippen MR) is 134 cm³/mol. The van der Waals surface area contributed by atoms with Gasteiger partial charge in [-0.1, -0.05) is 67.3 Å². The number of benzene rings is 2. The summed E-state index contributed by atoms with van der Waals surface area (Å²) in [6.07, 6.45) is 1.77. The van der Waals surface area contributed by atoms with E-state index < -0.39 is 0 Å². The fourth-order valence-electron chi connectivity index (χ4n) is 3.15. The summed E-state index contributed by atoms with van der Waals surface area (Å²) in [7, 11) is 0. The normalized spacial score (nSPS) is 11.1. The Morgan fingerprint density at radius 3 is 2.73 bits per heavy atom. The minimum Gasteiger partial charge on any atom is -0.486 e. The van der Waals surface area contributed by atoms with E-state index in [9.17, 15) is 4.79 Å². The molecule has 33 heavy (non-hydrogen) atoms. The highest BCUT2D eigenvalue weighted by molar-refractivity contribution is 7.99. The molecule has 0 saturated heterocycles. The molecule has 0 bridgehead atoms. The Morgan fingerprint density at radius 1 is 1.21 bits per heavy atom. The van der Waals surface area contributed by atoms with Crippen molar-refractivity contribution in [2.24, 2.45) is 0 Å². The second-order valence-corrected chi connectivity index (χ2v) is 9.61. The van der Waals surface area contributed by atoms with Crippen molar-refractivity contribution < 1.29 is 9.53 Å². The van der Waals surface area contributed by atoms with Gasteiger partial charge >= 0.3 is 0 Å². The molecular formula is C24H25N5O2S2. The molecule has 1 N–H and O–H groups in total. The van der Waals surface area contributed by atoms with E-state index in [0.29, 0.717) is 28.6 Å². The number of carbonyl (C=O) groups is 1. The minimum absolute atomic E-state index is 0.143. The summed E-state index contributed by atoms with van der Waals surface area (Å²) in [6.45, 7) is 8.94. The number of thioether (sulfide) groups is 1. The lowest BCUT2D eigenvalue weighted by atomic mass is 10.0. The summed E-state index contributed by atoms with van der Waals surface area (Å²) in [5.74, 6) is 1.98. The Bertz CT molecular complexity index is 1210. The molecule has 0 aliphatic heterocycles. The Hall–Kier alpha value is -3.17. The molecule has 170 valence electrons. The van der Waals surface area contributed by atoms with Gasteiger partial charge in [-0.15, -0.1) is 16.8 Å². The number of nitrogens with one attached hydrogen (secondary N) is 1. The number of amides is 1. The van der Waals surface area contributed by atoms with Crippen molar-refractivity contribution >= 4 is 44.4 Å². The van der Waals surface area contributed by atoms with Crippen molar-refractivity contribution in [3.05, 3.63) is 72.6 Å². The van der Waals surface area contributed by atoms with Crippen molar-refractivity contribution in [1.29, 1.82) is 0 Å². The number of aromatic nitrogens is 4. The van der Waals surface area contributed by atoms with Gasteiger partial charge in [0.2, 0.25) is 5.91 Å². The first-order valence-electron chi connectivity index (χ1n) is 10.6. The summed E-state index contributed by atoms with van der Waals surface area (Å²) in [6, 6.07) is 15.9. The van der Waals surface area contributed by atoms with Gasteiger partial charge in [0.1, 0.15) is 12.4 Å². The highest BCUT2D eigenvalue weighted by Gasteiger charge is 2.15. The number of hydrogen-bond donors (Lipinski definition) is 1. The first-order valence-corrected chi connectivity index (χ1v) is 12.4. The summed E-state index contributed by atoms with van der Waals surface area (Å²) >= 11 is 2.77. The Morgan fingerprint density at radius 2 is 2.00 bits per heavy atom. The number of allylic oxidation sites excluding steroid dienone is 1. The van der Waals surface area contributed by atoms with Crippen LogP contribution in [0.5, 0.6) is 5.75 Å². The van der Waals surface area contributed by atoms with E-state index in [1.54, 1.807) is 6.08 Å². The van der Waals surface area contributed by atoms with Gasteiger partial charge in [0.05, 0.1) is 16.0 Å². The van der Waals surface area contributed by atoms with E-state index in [1.807, 2.05) is 41.0 Å². The minimum atomic E-state index is -0.143. The maximum absolute atomic E-state index is 12.5. The molecule has 7 nitrogen and oxygen atoms in total. The van der Waals surface area contributed by atoms with Crippen LogP contribution in [0.2, 0.25) is 0 Å².